The number of allylic oxidation sites excluding steroid dienone is 1. The second kappa shape index (κ2) is 8.32. The number of phenolic OH excluding ortho intramolecular Hbond substituents is 1. The summed E-state index contributed by atoms with van der Waals surface area (Å²) in [5, 5.41) is 22.0. The van der Waals surface area contributed by atoms with E-state index in [1.807, 2.05) is 36.4 Å². The summed E-state index contributed by atoms with van der Waals surface area (Å²) in [4.78, 5) is 2.51. The number of nitrogens with zero attached hydrogens (tertiary/aromatic N) is 1. The van der Waals surface area contributed by atoms with Crippen molar-refractivity contribution in [3.8, 4) is 17.2 Å². The van der Waals surface area contributed by atoms with Gasteiger partial charge in [-0.05, 0) is 49.8 Å². The van der Waals surface area contributed by atoms with Crippen LogP contribution in [0.15, 0.2) is 49.1 Å². The van der Waals surface area contributed by atoms with Gasteiger partial charge in [0.1, 0.15) is 5.75 Å². The molecule has 5 nitrogen and oxygen atoms in total. The van der Waals surface area contributed by atoms with E-state index in [0.29, 0.717) is 37.1 Å². The molecule has 2 N–H and O–H groups in total. The van der Waals surface area contributed by atoms with Crippen LogP contribution in [0, 0.1) is 0 Å². The van der Waals surface area contributed by atoms with Crippen LogP contribution in [0.1, 0.15) is 42.4 Å². The van der Waals surface area contributed by atoms with Crippen molar-refractivity contribution in [3.63, 3.8) is 0 Å². The summed E-state index contributed by atoms with van der Waals surface area (Å²) in [6.07, 6.45) is 5.93. The Morgan fingerprint density at radius 1 is 1.10 bits per heavy atom. The fourth-order valence-corrected chi connectivity index (χ4v) is 5.32. The first-order valence-corrected chi connectivity index (χ1v) is 10.6. The van der Waals surface area contributed by atoms with Crippen molar-refractivity contribution in [2.75, 3.05) is 14.2 Å². The molecule has 2 aromatic carbocycles. The Hall–Kier alpha value is -2.50. The van der Waals surface area contributed by atoms with E-state index in [4.69, 9.17) is 9.47 Å². The van der Waals surface area contributed by atoms with Gasteiger partial charge in [-0.25, -0.2) is 0 Å². The number of piperidine rings is 1. The molecule has 5 heteroatoms. The van der Waals surface area contributed by atoms with Crippen LogP contribution in [0.25, 0.3) is 0 Å². The number of hydrogen-bond acceptors (Lipinski definition) is 5. The van der Waals surface area contributed by atoms with Gasteiger partial charge in [0.15, 0.2) is 11.5 Å². The summed E-state index contributed by atoms with van der Waals surface area (Å²) >= 11 is 0. The number of phenols is 1. The summed E-state index contributed by atoms with van der Waals surface area (Å²) in [6.45, 7) is 4.57. The SMILES string of the molecule is C=CCc1cc(CN2C3CCC2CC(O)(c2ccccc2OC)C3)cc(OC)c1O. The molecule has 2 fully saturated rings. The predicted molar refractivity (Wildman–Crippen MR) is 117 cm³/mol. The van der Waals surface area contributed by atoms with E-state index in [0.717, 1.165) is 41.8 Å². The highest BCUT2D eigenvalue weighted by Crippen LogP contribution is 2.48. The van der Waals surface area contributed by atoms with Crippen molar-refractivity contribution in [1.82, 2.24) is 4.90 Å². The molecular formula is C25H31NO4. The van der Waals surface area contributed by atoms with Gasteiger partial charge in [-0.2, -0.15) is 0 Å². The third-order valence-electron chi connectivity index (χ3n) is 6.69. The third-order valence-corrected chi connectivity index (χ3v) is 6.69. The van der Waals surface area contributed by atoms with Crippen LogP contribution in [0.2, 0.25) is 0 Å². The fraction of sp³-hybridized carbons (Fsp3) is 0.440. The van der Waals surface area contributed by atoms with Crippen LogP contribution in [0.4, 0.5) is 0 Å². The molecule has 0 saturated carbocycles. The number of para-hydroxylation sites is 1. The van der Waals surface area contributed by atoms with E-state index in [2.05, 4.69) is 11.5 Å². The number of fused-ring (bicyclic) bond motifs is 2. The summed E-state index contributed by atoms with van der Waals surface area (Å²) in [5.74, 6) is 1.44. The molecule has 4 rings (SSSR count). The second-order valence-electron chi connectivity index (χ2n) is 8.50. The van der Waals surface area contributed by atoms with Crippen LogP contribution in [0.5, 0.6) is 17.2 Å². The van der Waals surface area contributed by atoms with Crippen molar-refractivity contribution in [2.24, 2.45) is 0 Å². The molecule has 0 amide bonds. The lowest BCUT2D eigenvalue weighted by atomic mass is 9.80. The van der Waals surface area contributed by atoms with Gasteiger partial charge < -0.3 is 19.7 Å². The highest BCUT2D eigenvalue weighted by atomic mass is 16.5. The van der Waals surface area contributed by atoms with Crippen LogP contribution in [0.3, 0.4) is 0 Å². The van der Waals surface area contributed by atoms with Crippen LogP contribution < -0.4 is 9.47 Å². The maximum absolute atomic E-state index is 11.6. The molecule has 2 aromatic rings. The molecule has 160 valence electrons. The van der Waals surface area contributed by atoms with Gasteiger partial charge in [-0.3, -0.25) is 4.90 Å². The van der Waals surface area contributed by atoms with Gasteiger partial charge in [0.05, 0.1) is 19.8 Å². The summed E-state index contributed by atoms with van der Waals surface area (Å²) < 4.78 is 10.9. The first kappa shape index (κ1) is 20.8. The van der Waals surface area contributed by atoms with Crippen molar-refractivity contribution in [1.29, 1.82) is 0 Å². The standard InChI is InChI=1S/C25H31NO4/c1-4-7-18-12-17(13-23(30-3)24(18)27)16-26-19-10-11-20(26)15-25(28,14-19)21-8-5-6-9-22(21)29-2/h4-6,8-9,12-13,19-20,27-28H,1,7,10-11,14-16H2,2-3H3. The van der Waals surface area contributed by atoms with Crippen molar-refractivity contribution in [2.45, 2.75) is 56.3 Å². The van der Waals surface area contributed by atoms with Gasteiger partial charge >= 0.3 is 0 Å². The highest BCUT2D eigenvalue weighted by molar-refractivity contribution is 5.49. The molecule has 2 atom stereocenters. The van der Waals surface area contributed by atoms with Crippen molar-refractivity contribution < 1.29 is 19.7 Å². The third kappa shape index (κ3) is 3.68. The van der Waals surface area contributed by atoms with E-state index in [9.17, 15) is 10.2 Å². The first-order valence-electron chi connectivity index (χ1n) is 10.6. The minimum Gasteiger partial charge on any atom is -0.504 e. The van der Waals surface area contributed by atoms with E-state index < -0.39 is 5.60 Å². The van der Waals surface area contributed by atoms with Crippen molar-refractivity contribution in [3.05, 3.63) is 65.7 Å². The number of ether oxygens (including phenoxy) is 2. The summed E-state index contributed by atoms with van der Waals surface area (Å²) in [7, 11) is 3.24. The molecule has 2 saturated heterocycles. The summed E-state index contributed by atoms with van der Waals surface area (Å²) in [6, 6.07) is 12.4. The van der Waals surface area contributed by atoms with Crippen LogP contribution >= 0.6 is 0 Å². The van der Waals surface area contributed by atoms with E-state index in [-0.39, 0.29) is 5.75 Å². The lowest BCUT2D eigenvalue weighted by Gasteiger charge is -2.44. The number of aromatic hydroxyl groups is 1. The summed E-state index contributed by atoms with van der Waals surface area (Å²) in [5.41, 5.74) is 1.97. The van der Waals surface area contributed by atoms with Gasteiger partial charge in [-0.15, -0.1) is 6.58 Å². The fourth-order valence-electron chi connectivity index (χ4n) is 5.32. The molecule has 0 aliphatic carbocycles. The second-order valence-corrected chi connectivity index (χ2v) is 8.50. The Morgan fingerprint density at radius 2 is 1.77 bits per heavy atom. The number of hydrogen-bond donors (Lipinski definition) is 2. The molecule has 2 aliphatic rings. The molecule has 2 heterocycles. The maximum atomic E-state index is 11.6. The first-order chi connectivity index (χ1) is 14.5. The van der Waals surface area contributed by atoms with Crippen molar-refractivity contribution >= 4 is 0 Å². The minimum atomic E-state index is -0.865. The highest BCUT2D eigenvalue weighted by Gasteiger charge is 2.49. The van der Waals surface area contributed by atoms with Crippen LogP contribution in [-0.2, 0) is 18.6 Å². The zero-order valence-electron chi connectivity index (χ0n) is 17.8. The molecular weight excluding hydrogens is 378 g/mol. The van der Waals surface area contributed by atoms with Gasteiger partial charge in [-0.1, -0.05) is 30.3 Å². The van der Waals surface area contributed by atoms with E-state index >= 15 is 0 Å². The number of benzene rings is 2. The number of aliphatic hydroxyl groups is 1. The quantitative estimate of drug-likeness (QED) is 0.673. The molecule has 0 aromatic heterocycles. The smallest absolute Gasteiger partial charge is 0.161 e. The average Bonchev–Trinajstić information content (AvgIpc) is 2.99. The topological polar surface area (TPSA) is 62.2 Å². The van der Waals surface area contributed by atoms with Gasteiger partial charge in [0.25, 0.3) is 0 Å². The Morgan fingerprint density at radius 3 is 2.40 bits per heavy atom. The predicted octanol–water partition coefficient (Wildman–Crippen LogP) is 4.15. The molecule has 2 aliphatic heterocycles. The monoisotopic (exact) mass is 409 g/mol. The zero-order valence-corrected chi connectivity index (χ0v) is 17.8. The Bertz CT molecular complexity index is 911. The molecule has 2 bridgehead atoms. The molecule has 30 heavy (non-hydrogen) atoms. The van der Waals surface area contributed by atoms with E-state index in [1.165, 1.54) is 0 Å². The Labute approximate surface area is 178 Å². The lowest BCUT2D eigenvalue weighted by molar-refractivity contribution is -0.0606. The molecule has 0 spiro atoms. The minimum absolute atomic E-state index is 0.188. The molecule has 0 radical (unpaired) electrons. The number of rotatable bonds is 7. The largest absolute Gasteiger partial charge is 0.504 e. The Kier molecular flexibility index (Phi) is 5.76. The maximum Gasteiger partial charge on any atom is 0.161 e. The average molecular weight is 410 g/mol. The number of methoxy groups -OCH3 is 2. The Balaban J connectivity index is 1.58. The van der Waals surface area contributed by atoms with Gasteiger partial charge in [0.2, 0.25) is 0 Å². The van der Waals surface area contributed by atoms with Gasteiger partial charge in [0, 0.05) is 29.8 Å². The normalized spacial score (nSPS) is 25.8. The van der Waals surface area contributed by atoms with E-state index in [1.54, 1.807) is 20.3 Å². The molecule has 2 unspecified atom stereocenters. The van der Waals surface area contributed by atoms with Crippen LogP contribution in [-0.4, -0.2) is 41.4 Å². The lowest BCUT2D eigenvalue weighted by Crippen LogP contribution is -2.49. The zero-order chi connectivity index (χ0) is 21.3.